The van der Waals surface area contributed by atoms with Crippen LogP contribution in [-0.4, -0.2) is 44.9 Å². The van der Waals surface area contributed by atoms with Crippen molar-refractivity contribution in [1.82, 2.24) is 23.9 Å². The van der Waals surface area contributed by atoms with Crippen LogP contribution in [-0.2, 0) is 31.4 Å². The normalized spacial score (nSPS) is 15.5. The van der Waals surface area contributed by atoms with Crippen LogP contribution in [0.4, 0.5) is 10.1 Å². The second kappa shape index (κ2) is 8.56. The fourth-order valence-electron chi connectivity index (χ4n) is 4.10. The monoisotopic (exact) mass is 503 g/mol. The van der Waals surface area contributed by atoms with Crippen LogP contribution in [0.1, 0.15) is 23.3 Å². The number of aryl methyl sites for hydroxylation is 1. The van der Waals surface area contributed by atoms with Gasteiger partial charge in [0.1, 0.15) is 6.67 Å². The van der Waals surface area contributed by atoms with Crippen molar-refractivity contribution in [3.8, 4) is 0 Å². The average molecular weight is 504 g/mol. The van der Waals surface area contributed by atoms with Gasteiger partial charge < -0.3 is 4.55 Å². The van der Waals surface area contributed by atoms with Gasteiger partial charge in [0.05, 0.1) is 41.2 Å². The van der Waals surface area contributed by atoms with Crippen molar-refractivity contribution in [1.29, 1.82) is 0 Å². The molecular weight excluding hydrogens is 483 g/mol. The molecule has 5 rings (SSSR count). The Kier molecular flexibility index (Phi) is 5.70. The Balaban J connectivity index is 1.72. The quantitative estimate of drug-likeness (QED) is 0.337. The van der Waals surface area contributed by atoms with Crippen LogP contribution in [0.15, 0.2) is 51.9 Å². The van der Waals surface area contributed by atoms with Crippen molar-refractivity contribution in [2.45, 2.75) is 31.5 Å². The fourth-order valence-corrected chi connectivity index (χ4v) is 5.51. The molecule has 0 spiro atoms. The molecule has 1 saturated carbocycles. The third kappa shape index (κ3) is 3.89. The first kappa shape index (κ1) is 22.6. The number of hydrogen-bond donors (Lipinski definition) is 0. The van der Waals surface area contributed by atoms with Gasteiger partial charge in [0.2, 0.25) is 0 Å². The molecule has 0 amide bonds. The van der Waals surface area contributed by atoms with E-state index in [1.807, 2.05) is 0 Å². The van der Waals surface area contributed by atoms with Crippen molar-refractivity contribution in [3.05, 3.63) is 73.6 Å². The molecule has 3 heterocycles. The Hall–Kier alpha value is -3.16. The van der Waals surface area contributed by atoms with Crippen molar-refractivity contribution in [3.63, 3.8) is 0 Å². The van der Waals surface area contributed by atoms with Gasteiger partial charge in [0.25, 0.3) is 5.56 Å². The highest BCUT2D eigenvalue weighted by Crippen LogP contribution is 2.45. The maximum Gasteiger partial charge on any atom is 0.332 e. The zero-order valence-corrected chi connectivity index (χ0v) is 19.7. The zero-order chi connectivity index (χ0) is 24.0. The molecule has 1 aromatic carbocycles. The Morgan fingerprint density at radius 1 is 1.24 bits per heavy atom. The number of halogens is 1. The highest BCUT2D eigenvalue weighted by molar-refractivity contribution is 7.80. The summed E-state index contributed by atoms with van der Waals surface area (Å²) < 4.78 is 42.9. The molecule has 13 heteroatoms. The maximum absolute atomic E-state index is 13.7. The van der Waals surface area contributed by atoms with E-state index in [0.717, 1.165) is 13.7 Å². The van der Waals surface area contributed by atoms with E-state index in [4.69, 9.17) is 0 Å². The number of aromatic nitrogens is 5. The van der Waals surface area contributed by atoms with Crippen molar-refractivity contribution < 1.29 is 13.2 Å². The van der Waals surface area contributed by atoms with Crippen LogP contribution in [0, 0.1) is 0 Å². The van der Waals surface area contributed by atoms with Crippen molar-refractivity contribution in [2.24, 2.45) is 7.05 Å². The molecule has 1 unspecified atom stereocenters. The third-order valence-corrected chi connectivity index (χ3v) is 7.66. The molecule has 0 saturated heterocycles. The Morgan fingerprint density at radius 2 is 2.03 bits per heavy atom. The fraction of sp³-hybridized carbons (Fsp3) is 0.333. The Bertz CT molecular complexity index is 1510. The summed E-state index contributed by atoms with van der Waals surface area (Å²) in [4.78, 5) is 31.7. The minimum Gasteiger partial charge on any atom is -0.755 e. The smallest absolute Gasteiger partial charge is 0.332 e. The van der Waals surface area contributed by atoms with E-state index >= 15 is 0 Å². The molecule has 0 bridgehead atoms. The van der Waals surface area contributed by atoms with Gasteiger partial charge in [-0.2, -0.15) is 5.10 Å². The van der Waals surface area contributed by atoms with Gasteiger partial charge in [-0.25, -0.2) is 9.18 Å². The van der Waals surface area contributed by atoms with E-state index in [1.54, 1.807) is 35.8 Å². The lowest BCUT2D eigenvalue weighted by Crippen LogP contribution is -2.42. The Morgan fingerprint density at radius 3 is 2.62 bits per heavy atom. The number of anilines is 1. The summed E-state index contributed by atoms with van der Waals surface area (Å²) >= 11 is -1.36. The van der Waals surface area contributed by atoms with E-state index in [0.29, 0.717) is 23.9 Å². The number of alkyl halides is 1. The molecule has 1 fully saturated rings. The molecule has 1 aliphatic rings. The van der Waals surface area contributed by atoms with E-state index in [1.165, 1.54) is 34.1 Å². The first-order valence-electron chi connectivity index (χ1n) is 10.4. The number of fused-ring (bicyclic) bond motifs is 1. The number of thiazole rings is 1. The molecule has 0 N–H and O–H groups in total. The molecule has 34 heavy (non-hydrogen) atoms. The van der Waals surface area contributed by atoms with Crippen LogP contribution in [0.2, 0.25) is 0 Å². The molecule has 0 radical (unpaired) electrons. The summed E-state index contributed by atoms with van der Waals surface area (Å²) in [6, 6.07) is 4.46. The lowest BCUT2D eigenvalue weighted by molar-refractivity contribution is 0.411. The van der Waals surface area contributed by atoms with Crippen LogP contribution in [0.5, 0.6) is 0 Å². The van der Waals surface area contributed by atoms with Crippen LogP contribution in [0.25, 0.3) is 10.9 Å². The van der Waals surface area contributed by atoms with Crippen LogP contribution >= 0.6 is 11.3 Å². The first-order chi connectivity index (χ1) is 16.3. The van der Waals surface area contributed by atoms with Crippen molar-refractivity contribution >= 4 is 39.2 Å². The molecule has 3 aromatic heterocycles. The average Bonchev–Trinajstić information content (AvgIpc) is 3.20. The van der Waals surface area contributed by atoms with Crippen LogP contribution < -0.4 is 15.6 Å². The van der Waals surface area contributed by atoms with E-state index in [2.05, 4.69) is 10.1 Å². The lowest BCUT2D eigenvalue weighted by Gasteiger charge is -2.33. The van der Waals surface area contributed by atoms with Gasteiger partial charge in [-0.3, -0.25) is 32.1 Å². The summed E-state index contributed by atoms with van der Waals surface area (Å²) in [5, 5.41) is 4.26. The van der Waals surface area contributed by atoms with E-state index in [9.17, 15) is 22.7 Å². The summed E-state index contributed by atoms with van der Waals surface area (Å²) in [5.41, 5.74) is 0.673. The first-order valence-corrected chi connectivity index (χ1v) is 12.3. The minimum absolute atomic E-state index is 0.0000172. The largest absolute Gasteiger partial charge is 0.755 e. The van der Waals surface area contributed by atoms with Crippen LogP contribution in [0.3, 0.4) is 0 Å². The second-order valence-corrected chi connectivity index (χ2v) is 10.1. The van der Waals surface area contributed by atoms with E-state index < -0.39 is 34.7 Å². The molecule has 1 aliphatic carbocycles. The second-order valence-electron chi connectivity index (χ2n) is 8.32. The third-order valence-electron chi connectivity index (χ3n) is 6.00. The van der Waals surface area contributed by atoms with Gasteiger partial charge in [-0.1, -0.05) is 0 Å². The zero-order valence-electron chi connectivity index (χ0n) is 18.1. The molecule has 1 atom stereocenters. The summed E-state index contributed by atoms with van der Waals surface area (Å²) in [5.74, 6) is 0. The standard InChI is InChI=1S/C21H21FN6O4S2/c1-25-9-14(7-24-25)10-27-19(29)17-6-15(28(34(31)32)21(12-22)4-5-21)2-3-18(17)26(20(27)30)11-16-8-23-13-33-16/h2-3,6-9,13H,4-5,10-12H2,1H3,(H,31,32)/p-1. The number of benzene rings is 1. The number of nitrogens with zero attached hydrogens (tertiary/aromatic N) is 6. The summed E-state index contributed by atoms with van der Waals surface area (Å²) in [7, 11) is 1.73. The minimum atomic E-state index is -2.73. The molecule has 178 valence electrons. The Labute approximate surface area is 199 Å². The summed E-state index contributed by atoms with van der Waals surface area (Å²) in [6.07, 6.45) is 5.71. The highest BCUT2D eigenvalue weighted by atomic mass is 32.2. The molecular formula is C21H20FN6O4S2-. The number of hydrogen-bond acceptors (Lipinski definition) is 7. The van der Waals surface area contributed by atoms with Gasteiger partial charge in [-0.15, -0.1) is 11.3 Å². The van der Waals surface area contributed by atoms with Gasteiger partial charge >= 0.3 is 5.69 Å². The number of rotatable bonds is 8. The lowest BCUT2D eigenvalue weighted by atomic mass is 10.2. The van der Waals surface area contributed by atoms with Crippen molar-refractivity contribution in [2.75, 3.05) is 11.0 Å². The summed E-state index contributed by atoms with van der Waals surface area (Å²) in [6.45, 7) is -0.632. The predicted molar refractivity (Wildman–Crippen MR) is 125 cm³/mol. The molecule has 4 aromatic rings. The van der Waals surface area contributed by atoms with Gasteiger partial charge in [0, 0.05) is 46.8 Å². The van der Waals surface area contributed by atoms with E-state index in [-0.39, 0.29) is 24.2 Å². The predicted octanol–water partition coefficient (Wildman–Crippen LogP) is 1.55. The molecule has 0 aliphatic heterocycles. The molecule has 10 nitrogen and oxygen atoms in total. The highest BCUT2D eigenvalue weighted by Gasteiger charge is 2.49. The van der Waals surface area contributed by atoms with Gasteiger partial charge in [0.15, 0.2) is 0 Å². The maximum atomic E-state index is 13.7. The van der Waals surface area contributed by atoms with Gasteiger partial charge in [-0.05, 0) is 31.0 Å². The topological polar surface area (TPSA) is 118 Å². The SMILES string of the molecule is Cn1cc(Cn2c(=O)c3cc(N(S(=O)[O-])C4(CF)CC4)ccc3n(Cc3cncs3)c2=O)cn1.